The van der Waals surface area contributed by atoms with Crippen LogP contribution >= 0.6 is 15.9 Å². The van der Waals surface area contributed by atoms with E-state index in [0.717, 1.165) is 25.9 Å². The number of likely N-dealkylation sites (tertiary alicyclic amines) is 1. The van der Waals surface area contributed by atoms with Gasteiger partial charge in [-0.1, -0.05) is 15.9 Å². The Balaban J connectivity index is 2.33. The number of halogens is 1. The highest BCUT2D eigenvalue weighted by Crippen LogP contribution is 2.10. The van der Waals surface area contributed by atoms with E-state index in [-0.39, 0.29) is 23.4 Å². The molecule has 1 heterocycles. The molecule has 0 spiro atoms. The topological polar surface area (TPSA) is 37.4 Å². The van der Waals surface area contributed by atoms with Crippen molar-refractivity contribution in [2.24, 2.45) is 0 Å². The summed E-state index contributed by atoms with van der Waals surface area (Å²) < 4.78 is 0. The molecule has 4 heteroatoms. The first-order valence-corrected chi connectivity index (χ1v) is 5.71. The highest BCUT2D eigenvalue weighted by atomic mass is 79.9. The van der Waals surface area contributed by atoms with E-state index in [1.165, 1.54) is 6.42 Å². The Labute approximate surface area is 86.6 Å². The van der Waals surface area contributed by atoms with Gasteiger partial charge in [0.05, 0.1) is 11.8 Å². The van der Waals surface area contributed by atoms with Crippen LogP contribution in [0.1, 0.15) is 25.7 Å². The van der Waals surface area contributed by atoms with Gasteiger partial charge in [0, 0.05) is 13.1 Å². The third kappa shape index (κ3) is 3.46. The Morgan fingerprint density at radius 1 is 1.15 bits per heavy atom. The number of ketones is 1. The number of alkyl halides is 1. The standard InChI is InChI=1S/C9H14BrNO2/c10-7-8(12)6-9(13)11-4-2-1-3-5-11/h1-7H2. The Kier molecular flexibility index (Phi) is 4.42. The molecule has 0 atom stereocenters. The summed E-state index contributed by atoms with van der Waals surface area (Å²) in [4.78, 5) is 24.2. The first-order valence-electron chi connectivity index (χ1n) is 4.59. The van der Waals surface area contributed by atoms with Gasteiger partial charge in [-0.25, -0.2) is 0 Å². The summed E-state index contributed by atoms with van der Waals surface area (Å²) in [6.07, 6.45) is 3.42. The molecular weight excluding hydrogens is 234 g/mol. The molecule has 1 saturated heterocycles. The second-order valence-corrected chi connectivity index (χ2v) is 3.85. The molecule has 0 aromatic heterocycles. The Bertz CT molecular complexity index is 200. The Hall–Kier alpha value is -0.380. The molecule has 1 amide bonds. The molecule has 0 aliphatic carbocycles. The number of piperidine rings is 1. The maximum Gasteiger partial charge on any atom is 0.230 e. The summed E-state index contributed by atoms with van der Waals surface area (Å²) in [6, 6.07) is 0. The van der Waals surface area contributed by atoms with Gasteiger partial charge in [-0.05, 0) is 19.3 Å². The minimum atomic E-state index is -0.0319. The highest BCUT2D eigenvalue weighted by molar-refractivity contribution is 9.09. The molecule has 1 fully saturated rings. The summed E-state index contributed by atoms with van der Waals surface area (Å²) >= 11 is 3.05. The van der Waals surface area contributed by atoms with Gasteiger partial charge in [-0.15, -0.1) is 0 Å². The van der Waals surface area contributed by atoms with Gasteiger partial charge in [0.15, 0.2) is 5.78 Å². The normalized spacial score (nSPS) is 17.2. The fourth-order valence-electron chi connectivity index (χ4n) is 1.47. The quantitative estimate of drug-likeness (QED) is 0.558. The van der Waals surface area contributed by atoms with Gasteiger partial charge < -0.3 is 4.90 Å². The van der Waals surface area contributed by atoms with Crippen LogP contribution in [0.3, 0.4) is 0 Å². The van der Waals surface area contributed by atoms with Gasteiger partial charge >= 0.3 is 0 Å². The van der Waals surface area contributed by atoms with Crippen LogP contribution in [0.2, 0.25) is 0 Å². The minimum Gasteiger partial charge on any atom is -0.342 e. The number of rotatable bonds is 3. The maximum absolute atomic E-state index is 11.5. The molecule has 0 aromatic rings. The third-order valence-corrected chi connectivity index (χ3v) is 2.83. The third-order valence-electron chi connectivity index (χ3n) is 2.21. The van der Waals surface area contributed by atoms with Gasteiger partial charge in [0.25, 0.3) is 0 Å². The fraction of sp³-hybridized carbons (Fsp3) is 0.778. The number of carbonyl (C=O) groups is 2. The summed E-state index contributed by atoms with van der Waals surface area (Å²) in [6.45, 7) is 1.66. The molecule has 0 aromatic carbocycles. The van der Waals surface area contributed by atoms with Crippen LogP contribution < -0.4 is 0 Å². The van der Waals surface area contributed by atoms with E-state index < -0.39 is 0 Å². The van der Waals surface area contributed by atoms with Crippen molar-refractivity contribution < 1.29 is 9.59 Å². The predicted molar refractivity (Wildman–Crippen MR) is 53.8 cm³/mol. The second kappa shape index (κ2) is 5.37. The monoisotopic (exact) mass is 247 g/mol. The van der Waals surface area contributed by atoms with E-state index in [2.05, 4.69) is 15.9 Å². The van der Waals surface area contributed by atoms with E-state index in [0.29, 0.717) is 0 Å². The van der Waals surface area contributed by atoms with E-state index in [1.54, 1.807) is 4.90 Å². The van der Waals surface area contributed by atoms with Gasteiger partial charge in [-0.3, -0.25) is 9.59 Å². The number of hydrogen-bond donors (Lipinski definition) is 0. The number of amides is 1. The van der Waals surface area contributed by atoms with Crippen LogP contribution in [-0.2, 0) is 9.59 Å². The summed E-state index contributed by atoms with van der Waals surface area (Å²) in [5, 5.41) is 0.284. The van der Waals surface area contributed by atoms with Crippen LogP contribution in [0.15, 0.2) is 0 Å². The van der Waals surface area contributed by atoms with Crippen LogP contribution in [0.25, 0.3) is 0 Å². The molecule has 74 valence electrons. The Morgan fingerprint density at radius 2 is 1.77 bits per heavy atom. The Morgan fingerprint density at radius 3 is 2.31 bits per heavy atom. The SMILES string of the molecule is O=C(CBr)CC(=O)N1CCCCC1. The number of carbonyl (C=O) groups excluding carboxylic acids is 2. The van der Waals surface area contributed by atoms with Crippen molar-refractivity contribution in [2.45, 2.75) is 25.7 Å². The molecule has 3 nitrogen and oxygen atoms in total. The van der Waals surface area contributed by atoms with Crippen molar-refractivity contribution in [3.05, 3.63) is 0 Å². The van der Waals surface area contributed by atoms with Gasteiger partial charge in [-0.2, -0.15) is 0 Å². The zero-order chi connectivity index (χ0) is 9.68. The molecular formula is C9H14BrNO2. The summed E-state index contributed by atoms with van der Waals surface area (Å²) in [5.74, 6) is -0.0419. The van der Waals surface area contributed by atoms with Gasteiger partial charge in [0.1, 0.15) is 0 Å². The average molecular weight is 248 g/mol. The lowest BCUT2D eigenvalue weighted by molar-refractivity contribution is -0.135. The largest absolute Gasteiger partial charge is 0.342 e. The summed E-state index contributed by atoms with van der Waals surface area (Å²) in [5.41, 5.74) is 0. The van der Waals surface area contributed by atoms with Crippen molar-refractivity contribution in [1.29, 1.82) is 0 Å². The van der Waals surface area contributed by atoms with Crippen LogP contribution in [0.5, 0.6) is 0 Å². The number of hydrogen-bond acceptors (Lipinski definition) is 2. The number of Topliss-reactive ketones (excluding diaryl/α,β-unsaturated/α-hetero) is 1. The molecule has 13 heavy (non-hydrogen) atoms. The van der Waals surface area contributed by atoms with E-state index in [1.807, 2.05) is 0 Å². The van der Waals surface area contributed by atoms with E-state index in [9.17, 15) is 9.59 Å². The van der Waals surface area contributed by atoms with Crippen LogP contribution in [0.4, 0.5) is 0 Å². The molecule has 0 N–H and O–H groups in total. The van der Waals surface area contributed by atoms with Crippen molar-refractivity contribution in [2.75, 3.05) is 18.4 Å². The summed E-state index contributed by atoms with van der Waals surface area (Å²) in [7, 11) is 0. The molecule has 1 aliphatic heterocycles. The first-order chi connectivity index (χ1) is 6.24. The molecule has 0 unspecified atom stereocenters. The average Bonchev–Trinajstić information content (AvgIpc) is 2.19. The van der Waals surface area contributed by atoms with Gasteiger partial charge in [0.2, 0.25) is 5.91 Å². The molecule has 1 aliphatic rings. The van der Waals surface area contributed by atoms with Crippen molar-refractivity contribution in [3.8, 4) is 0 Å². The lowest BCUT2D eigenvalue weighted by Gasteiger charge is -2.26. The minimum absolute atomic E-state index is 0.0100. The van der Waals surface area contributed by atoms with Crippen LogP contribution in [0, 0.1) is 0 Å². The predicted octanol–water partition coefficient (Wildman–Crippen LogP) is 1.35. The van der Waals surface area contributed by atoms with Crippen molar-refractivity contribution in [3.63, 3.8) is 0 Å². The molecule has 0 bridgehead atoms. The fourth-order valence-corrected chi connectivity index (χ4v) is 1.67. The smallest absolute Gasteiger partial charge is 0.230 e. The zero-order valence-electron chi connectivity index (χ0n) is 7.59. The first kappa shape index (κ1) is 10.7. The lowest BCUT2D eigenvalue weighted by atomic mass is 10.1. The van der Waals surface area contributed by atoms with E-state index >= 15 is 0 Å². The molecule has 1 rings (SSSR count). The maximum atomic E-state index is 11.5. The van der Waals surface area contributed by atoms with Crippen molar-refractivity contribution >= 4 is 27.6 Å². The highest BCUT2D eigenvalue weighted by Gasteiger charge is 2.18. The zero-order valence-corrected chi connectivity index (χ0v) is 9.18. The molecule has 0 radical (unpaired) electrons. The lowest BCUT2D eigenvalue weighted by Crippen LogP contribution is -2.36. The van der Waals surface area contributed by atoms with Crippen LogP contribution in [-0.4, -0.2) is 35.0 Å². The number of nitrogens with zero attached hydrogens (tertiary/aromatic N) is 1. The second-order valence-electron chi connectivity index (χ2n) is 3.29. The molecule has 0 saturated carbocycles. The van der Waals surface area contributed by atoms with Crippen molar-refractivity contribution in [1.82, 2.24) is 4.90 Å². The van der Waals surface area contributed by atoms with E-state index in [4.69, 9.17) is 0 Å².